The fraction of sp³-hybridized carbons (Fsp3) is 0.444. The molecule has 0 radical (unpaired) electrons. The summed E-state index contributed by atoms with van der Waals surface area (Å²) in [7, 11) is 0. The largest absolute Gasteiger partial charge is 0.333 e. The number of anilines is 1. The Hall–Kier alpha value is -3.19. The monoisotopic (exact) mass is 462 g/mol. The maximum Gasteiger partial charge on any atom is 0.332 e. The molecule has 3 amide bonds. The highest BCUT2D eigenvalue weighted by atomic mass is 16.2. The molecule has 2 aliphatic rings. The van der Waals surface area contributed by atoms with Gasteiger partial charge in [0.05, 0.1) is 6.54 Å². The van der Waals surface area contributed by atoms with Gasteiger partial charge in [-0.25, -0.2) is 14.8 Å². The van der Waals surface area contributed by atoms with E-state index >= 15 is 0 Å². The van der Waals surface area contributed by atoms with Gasteiger partial charge in [0.1, 0.15) is 6.29 Å². The highest BCUT2D eigenvalue weighted by Gasteiger charge is 2.24. The molecule has 1 N–H and O–H groups in total. The highest BCUT2D eigenvalue weighted by Crippen LogP contribution is 2.28. The topological polar surface area (TPSA) is 73.0 Å². The van der Waals surface area contributed by atoms with Gasteiger partial charge in [-0.1, -0.05) is 30.7 Å². The molecule has 2 aromatic rings. The van der Waals surface area contributed by atoms with Crippen molar-refractivity contribution in [3.05, 3.63) is 64.7 Å². The van der Waals surface area contributed by atoms with Crippen LogP contribution in [0, 0.1) is 6.92 Å². The van der Waals surface area contributed by atoms with Crippen LogP contribution < -0.4 is 10.2 Å². The van der Waals surface area contributed by atoms with E-state index in [4.69, 9.17) is 0 Å². The number of aldehydes is 1. The first kappa shape index (κ1) is 24.0. The van der Waals surface area contributed by atoms with E-state index in [0.717, 1.165) is 81.3 Å². The molecule has 0 aliphatic carbocycles. The fourth-order valence-electron chi connectivity index (χ4n) is 4.86. The Balaban J connectivity index is 1.43. The van der Waals surface area contributed by atoms with Crippen molar-refractivity contribution in [2.75, 3.05) is 31.1 Å². The Bertz CT molecular complexity index is 1030. The second-order valence-electron chi connectivity index (χ2n) is 9.11. The van der Waals surface area contributed by atoms with Gasteiger partial charge in [0.15, 0.2) is 0 Å². The number of hydrazine groups is 1. The summed E-state index contributed by atoms with van der Waals surface area (Å²) in [5, 5.41) is 6.42. The quantitative estimate of drug-likeness (QED) is 0.657. The van der Waals surface area contributed by atoms with Gasteiger partial charge in [-0.2, -0.15) is 0 Å². The maximum atomic E-state index is 13.4. The van der Waals surface area contributed by atoms with Crippen LogP contribution in [0.15, 0.2) is 42.5 Å². The fourth-order valence-corrected chi connectivity index (χ4v) is 4.86. The summed E-state index contributed by atoms with van der Waals surface area (Å²) >= 11 is 0. The molecule has 4 rings (SSSR count). The predicted octanol–water partition coefficient (Wildman–Crippen LogP) is 4.09. The molecule has 2 aromatic carbocycles. The average Bonchev–Trinajstić information content (AvgIpc) is 3.09. The molecule has 2 aliphatic heterocycles. The Morgan fingerprint density at radius 3 is 2.53 bits per heavy atom. The van der Waals surface area contributed by atoms with Crippen molar-refractivity contribution in [3.8, 4) is 0 Å². The van der Waals surface area contributed by atoms with E-state index in [1.807, 2.05) is 53.2 Å². The van der Waals surface area contributed by atoms with Crippen LogP contribution >= 0.6 is 0 Å². The summed E-state index contributed by atoms with van der Waals surface area (Å²) in [5.41, 5.74) is 4.78. The SMILES string of the molecule is Cc1cc(C(=O)N2CCCCc3ccccc32)ccc1CNC(=O)N(CC=O)N1CCCCC1. The molecule has 0 unspecified atom stereocenters. The number of aryl methyl sites for hydroxylation is 2. The van der Waals surface area contributed by atoms with Crippen LogP contribution in [0.25, 0.3) is 0 Å². The number of hydrogen-bond donors (Lipinski definition) is 1. The molecular weight excluding hydrogens is 428 g/mol. The zero-order valence-electron chi connectivity index (χ0n) is 20.0. The number of benzene rings is 2. The molecule has 7 heteroatoms. The first-order valence-corrected chi connectivity index (χ1v) is 12.3. The Morgan fingerprint density at radius 2 is 1.76 bits per heavy atom. The molecular formula is C27H34N4O3. The van der Waals surface area contributed by atoms with Crippen LogP contribution in [0.1, 0.15) is 59.2 Å². The zero-order chi connectivity index (χ0) is 23.9. The second kappa shape index (κ2) is 11.3. The van der Waals surface area contributed by atoms with E-state index in [1.54, 1.807) is 0 Å². The van der Waals surface area contributed by atoms with E-state index < -0.39 is 0 Å². The van der Waals surface area contributed by atoms with Gasteiger partial charge in [0.2, 0.25) is 0 Å². The number of carbonyl (C=O) groups excluding carboxylic acids is 3. The molecule has 7 nitrogen and oxygen atoms in total. The summed E-state index contributed by atoms with van der Waals surface area (Å²) in [6.45, 7) is 4.65. The van der Waals surface area contributed by atoms with E-state index in [1.165, 1.54) is 10.6 Å². The summed E-state index contributed by atoms with van der Waals surface area (Å²) < 4.78 is 0. The predicted molar refractivity (Wildman–Crippen MR) is 133 cm³/mol. The van der Waals surface area contributed by atoms with Gasteiger partial charge in [0.25, 0.3) is 5.91 Å². The number of nitrogens with one attached hydrogen (secondary N) is 1. The molecule has 1 saturated heterocycles. The molecule has 0 spiro atoms. The minimum Gasteiger partial charge on any atom is -0.333 e. The maximum absolute atomic E-state index is 13.4. The molecule has 180 valence electrons. The van der Waals surface area contributed by atoms with Gasteiger partial charge in [0, 0.05) is 37.4 Å². The number of para-hydroxylation sites is 1. The summed E-state index contributed by atoms with van der Waals surface area (Å²) in [6, 6.07) is 13.6. The Kier molecular flexibility index (Phi) is 7.95. The highest BCUT2D eigenvalue weighted by molar-refractivity contribution is 6.06. The number of piperidine rings is 1. The number of fused-ring (bicyclic) bond motifs is 1. The second-order valence-corrected chi connectivity index (χ2v) is 9.11. The number of hydrogen-bond acceptors (Lipinski definition) is 4. The van der Waals surface area contributed by atoms with Crippen LogP contribution in [0.3, 0.4) is 0 Å². The van der Waals surface area contributed by atoms with Crippen molar-refractivity contribution in [1.29, 1.82) is 0 Å². The minimum atomic E-state index is -0.269. The van der Waals surface area contributed by atoms with Crippen LogP contribution in [0.4, 0.5) is 10.5 Å². The third-order valence-electron chi connectivity index (χ3n) is 6.78. The third-order valence-corrected chi connectivity index (χ3v) is 6.78. The van der Waals surface area contributed by atoms with Gasteiger partial charge < -0.3 is 15.0 Å². The molecule has 1 fully saturated rings. The van der Waals surface area contributed by atoms with Crippen molar-refractivity contribution < 1.29 is 14.4 Å². The van der Waals surface area contributed by atoms with Crippen LogP contribution in [-0.4, -0.2) is 54.4 Å². The van der Waals surface area contributed by atoms with Gasteiger partial charge >= 0.3 is 6.03 Å². The van der Waals surface area contributed by atoms with E-state index in [-0.39, 0.29) is 18.5 Å². The molecule has 0 aromatic heterocycles. The van der Waals surface area contributed by atoms with Crippen molar-refractivity contribution in [1.82, 2.24) is 15.3 Å². The standard InChI is InChI=1S/C27H34N4O3/c1-21-19-23(26(33)30-16-8-5-10-22-9-3-4-11-25(22)30)12-13-24(21)20-28-27(34)31(17-18-32)29-14-6-2-7-15-29/h3-4,9,11-13,18-19H,2,5-8,10,14-17,20H2,1H3,(H,28,34). The molecule has 34 heavy (non-hydrogen) atoms. The van der Waals surface area contributed by atoms with E-state index in [0.29, 0.717) is 12.1 Å². The molecule has 0 atom stereocenters. The normalized spacial score (nSPS) is 16.3. The zero-order valence-corrected chi connectivity index (χ0v) is 20.0. The Labute approximate surface area is 201 Å². The van der Waals surface area contributed by atoms with Gasteiger partial charge in [-0.3, -0.25) is 4.79 Å². The molecule has 0 bridgehead atoms. The van der Waals surface area contributed by atoms with E-state index in [2.05, 4.69) is 11.4 Å². The van der Waals surface area contributed by atoms with Crippen molar-refractivity contribution in [2.24, 2.45) is 0 Å². The van der Waals surface area contributed by atoms with Crippen molar-refractivity contribution in [3.63, 3.8) is 0 Å². The number of carbonyl (C=O) groups is 3. The van der Waals surface area contributed by atoms with Gasteiger partial charge in [-0.05, 0) is 73.9 Å². The number of nitrogens with zero attached hydrogens (tertiary/aromatic N) is 3. The third kappa shape index (κ3) is 5.47. The minimum absolute atomic E-state index is 0.00953. The number of rotatable bonds is 6. The first-order valence-electron chi connectivity index (χ1n) is 12.3. The van der Waals surface area contributed by atoms with Crippen molar-refractivity contribution in [2.45, 2.75) is 52.0 Å². The summed E-state index contributed by atoms with van der Waals surface area (Å²) in [4.78, 5) is 39.2. The smallest absolute Gasteiger partial charge is 0.332 e. The van der Waals surface area contributed by atoms with E-state index in [9.17, 15) is 14.4 Å². The molecule has 0 saturated carbocycles. The van der Waals surface area contributed by atoms with Crippen LogP contribution in [0.5, 0.6) is 0 Å². The number of amides is 3. The van der Waals surface area contributed by atoms with Crippen LogP contribution in [0.2, 0.25) is 0 Å². The number of urea groups is 1. The lowest BCUT2D eigenvalue weighted by Gasteiger charge is -2.36. The van der Waals surface area contributed by atoms with Gasteiger partial charge in [-0.15, -0.1) is 0 Å². The van der Waals surface area contributed by atoms with Crippen LogP contribution in [-0.2, 0) is 17.8 Å². The average molecular weight is 463 g/mol. The van der Waals surface area contributed by atoms with Crippen molar-refractivity contribution >= 4 is 23.9 Å². The summed E-state index contributed by atoms with van der Waals surface area (Å²) in [5.74, 6) is 0.00953. The molecule has 2 heterocycles. The summed E-state index contributed by atoms with van der Waals surface area (Å²) in [6.07, 6.45) is 7.03. The lowest BCUT2D eigenvalue weighted by atomic mass is 10.0. The lowest BCUT2D eigenvalue weighted by molar-refractivity contribution is -0.112. The first-order chi connectivity index (χ1) is 16.6. The lowest BCUT2D eigenvalue weighted by Crippen LogP contribution is -2.53. The Morgan fingerprint density at radius 1 is 1.00 bits per heavy atom.